The number of rotatable bonds is 11. The number of thiocarbonyl (C=S) groups is 1. The molecule has 1 aliphatic heterocycles. The molecule has 0 spiro atoms. The number of carbonyl (C=O) groups is 2. The smallest absolute Gasteiger partial charge is 0.303 e. The maximum absolute atomic E-state index is 12.6. The van der Waals surface area contributed by atoms with Crippen molar-refractivity contribution < 1.29 is 14.7 Å². The molecule has 0 radical (unpaired) electrons. The summed E-state index contributed by atoms with van der Waals surface area (Å²) in [6.07, 6.45) is 8.87. The number of hydrogen-bond acceptors (Lipinski definition) is 4. The Morgan fingerprint density at radius 2 is 1.75 bits per heavy atom. The number of nitrogens with zero attached hydrogens (tertiary/aromatic N) is 1. The van der Waals surface area contributed by atoms with E-state index in [0.717, 1.165) is 50.5 Å². The average molecular weight is 460 g/mol. The molecular formula is C20H23Cl2NO3S2. The van der Waals surface area contributed by atoms with Crippen LogP contribution in [0.2, 0.25) is 10.0 Å². The molecule has 1 aliphatic rings. The van der Waals surface area contributed by atoms with Gasteiger partial charge < -0.3 is 5.11 Å². The van der Waals surface area contributed by atoms with Gasteiger partial charge in [-0.2, -0.15) is 0 Å². The maximum Gasteiger partial charge on any atom is 0.303 e. The van der Waals surface area contributed by atoms with Gasteiger partial charge in [-0.3, -0.25) is 14.5 Å². The Hall–Kier alpha value is -1.08. The molecule has 1 heterocycles. The Kier molecular flexibility index (Phi) is 9.79. The van der Waals surface area contributed by atoms with E-state index >= 15 is 0 Å². The summed E-state index contributed by atoms with van der Waals surface area (Å²) in [7, 11) is 0. The second-order valence-electron chi connectivity index (χ2n) is 6.62. The summed E-state index contributed by atoms with van der Waals surface area (Å²) in [6, 6.07) is 5.17. The number of amides is 1. The first kappa shape index (κ1) is 23.2. The Balaban J connectivity index is 1.73. The van der Waals surface area contributed by atoms with E-state index in [2.05, 4.69) is 0 Å². The second kappa shape index (κ2) is 11.8. The first-order chi connectivity index (χ1) is 13.4. The molecule has 4 nitrogen and oxygen atoms in total. The Morgan fingerprint density at radius 1 is 1.11 bits per heavy atom. The van der Waals surface area contributed by atoms with Gasteiger partial charge in [-0.05, 0) is 36.6 Å². The number of carboxylic acid groups (broad SMARTS) is 1. The van der Waals surface area contributed by atoms with Crippen LogP contribution in [0.3, 0.4) is 0 Å². The lowest BCUT2D eigenvalue weighted by Crippen LogP contribution is -2.29. The number of benzene rings is 1. The average Bonchev–Trinajstić information content (AvgIpc) is 2.89. The molecule has 152 valence electrons. The van der Waals surface area contributed by atoms with Gasteiger partial charge in [0.05, 0.1) is 4.91 Å². The van der Waals surface area contributed by atoms with Crippen molar-refractivity contribution in [1.82, 2.24) is 4.90 Å². The molecule has 1 amide bonds. The minimum atomic E-state index is -0.726. The van der Waals surface area contributed by atoms with Crippen LogP contribution >= 0.6 is 47.2 Å². The van der Waals surface area contributed by atoms with E-state index in [1.165, 1.54) is 11.8 Å². The standard InChI is InChI=1S/C20H23Cl2NO3S2/c21-15-10-9-14(16(22)13-15)12-17-19(26)23(20(27)28-17)11-7-5-3-1-2-4-6-8-18(24)25/h9-10,12-13H,1-8,11H2,(H,24,25)/b17-12-. The normalized spacial score (nSPS) is 15.6. The summed E-state index contributed by atoms with van der Waals surface area (Å²) in [4.78, 5) is 25.3. The van der Waals surface area contributed by atoms with E-state index < -0.39 is 5.97 Å². The minimum Gasteiger partial charge on any atom is -0.481 e. The molecule has 28 heavy (non-hydrogen) atoms. The molecule has 1 aromatic rings. The van der Waals surface area contributed by atoms with E-state index in [4.69, 9.17) is 40.5 Å². The number of unbranched alkanes of at least 4 members (excludes halogenated alkanes) is 6. The van der Waals surface area contributed by atoms with E-state index in [1.807, 2.05) is 0 Å². The highest BCUT2D eigenvalue weighted by Gasteiger charge is 2.31. The Bertz CT molecular complexity index is 768. The monoisotopic (exact) mass is 459 g/mol. The van der Waals surface area contributed by atoms with Crippen molar-refractivity contribution in [2.75, 3.05) is 6.54 Å². The van der Waals surface area contributed by atoms with Crippen LogP contribution in [0.25, 0.3) is 6.08 Å². The van der Waals surface area contributed by atoms with Crippen molar-refractivity contribution in [2.24, 2.45) is 0 Å². The van der Waals surface area contributed by atoms with Gasteiger partial charge in [0.2, 0.25) is 0 Å². The Labute approximate surface area is 185 Å². The predicted molar refractivity (Wildman–Crippen MR) is 121 cm³/mol. The van der Waals surface area contributed by atoms with Crippen LogP contribution in [0.5, 0.6) is 0 Å². The first-order valence-electron chi connectivity index (χ1n) is 9.30. The van der Waals surface area contributed by atoms with Crippen LogP contribution in [0, 0.1) is 0 Å². The SMILES string of the molecule is O=C(O)CCCCCCCCCN1C(=O)/C(=C/c2ccc(Cl)cc2Cl)SC1=S. The van der Waals surface area contributed by atoms with Crippen LogP contribution in [-0.2, 0) is 9.59 Å². The van der Waals surface area contributed by atoms with Crippen molar-refractivity contribution >= 4 is 69.5 Å². The lowest BCUT2D eigenvalue weighted by Gasteiger charge is -2.14. The lowest BCUT2D eigenvalue weighted by molar-refractivity contribution is -0.137. The van der Waals surface area contributed by atoms with Crippen molar-refractivity contribution in [3.05, 3.63) is 38.7 Å². The zero-order valence-electron chi connectivity index (χ0n) is 15.5. The van der Waals surface area contributed by atoms with Crippen molar-refractivity contribution in [3.8, 4) is 0 Å². The topological polar surface area (TPSA) is 57.6 Å². The van der Waals surface area contributed by atoms with Crippen LogP contribution in [0.15, 0.2) is 23.1 Å². The number of carboxylic acids is 1. The molecule has 1 saturated heterocycles. The number of aliphatic carboxylic acids is 1. The number of thioether (sulfide) groups is 1. The number of hydrogen-bond donors (Lipinski definition) is 1. The van der Waals surface area contributed by atoms with E-state index in [-0.39, 0.29) is 12.3 Å². The maximum atomic E-state index is 12.6. The molecule has 0 atom stereocenters. The van der Waals surface area contributed by atoms with E-state index in [0.29, 0.717) is 25.8 Å². The predicted octanol–water partition coefficient (Wildman–Crippen LogP) is 6.40. The molecule has 1 aromatic carbocycles. The highest BCUT2D eigenvalue weighted by atomic mass is 35.5. The van der Waals surface area contributed by atoms with Crippen molar-refractivity contribution in [2.45, 2.75) is 51.4 Å². The molecule has 0 unspecified atom stereocenters. The molecule has 0 aliphatic carbocycles. The molecule has 1 fully saturated rings. The van der Waals surface area contributed by atoms with Gasteiger partial charge in [-0.25, -0.2) is 0 Å². The van der Waals surface area contributed by atoms with Crippen LogP contribution in [0.4, 0.5) is 0 Å². The third-order valence-electron chi connectivity index (χ3n) is 4.40. The van der Waals surface area contributed by atoms with Gasteiger partial charge in [0.25, 0.3) is 5.91 Å². The first-order valence-corrected chi connectivity index (χ1v) is 11.3. The molecule has 0 bridgehead atoms. The molecule has 0 saturated carbocycles. The summed E-state index contributed by atoms with van der Waals surface area (Å²) in [5.74, 6) is -0.800. The van der Waals surface area contributed by atoms with Gasteiger partial charge in [-0.1, -0.05) is 85.4 Å². The van der Waals surface area contributed by atoms with Crippen LogP contribution < -0.4 is 0 Å². The second-order valence-corrected chi connectivity index (χ2v) is 9.14. The third-order valence-corrected chi connectivity index (χ3v) is 6.34. The molecular weight excluding hydrogens is 437 g/mol. The number of carbonyl (C=O) groups excluding carboxylic acids is 1. The molecule has 1 N–H and O–H groups in total. The van der Waals surface area contributed by atoms with Gasteiger partial charge in [0, 0.05) is 23.0 Å². The van der Waals surface area contributed by atoms with Crippen LogP contribution in [0.1, 0.15) is 56.9 Å². The zero-order chi connectivity index (χ0) is 20.5. The van der Waals surface area contributed by atoms with E-state index in [9.17, 15) is 9.59 Å². The fourth-order valence-electron chi connectivity index (χ4n) is 2.88. The molecule has 8 heteroatoms. The third kappa shape index (κ3) is 7.39. The van der Waals surface area contributed by atoms with Crippen molar-refractivity contribution in [3.63, 3.8) is 0 Å². The highest BCUT2D eigenvalue weighted by Crippen LogP contribution is 2.34. The number of halogens is 2. The fourth-order valence-corrected chi connectivity index (χ4v) is 4.65. The summed E-state index contributed by atoms with van der Waals surface area (Å²) in [6.45, 7) is 0.620. The van der Waals surface area contributed by atoms with Gasteiger partial charge in [-0.15, -0.1) is 0 Å². The lowest BCUT2D eigenvalue weighted by atomic mass is 10.1. The molecule has 2 rings (SSSR count). The minimum absolute atomic E-state index is 0.0744. The van der Waals surface area contributed by atoms with Gasteiger partial charge >= 0.3 is 5.97 Å². The van der Waals surface area contributed by atoms with Crippen LogP contribution in [-0.4, -0.2) is 32.7 Å². The Morgan fingerprint density at radius 3 is 2.39 bits per heavy atom. The van der Waals surface area contributed by atoms with Crippen molar-refractivity contribution in [1.29, 1.82) is 0 Å². The zero-order valence-corrected chi connectivity index (χ0v) is 18.6. The van der Waals surface area contributed by atoms with E-state index in [1.54, 1.807) is 29.2 Å². The summed E-state index contributed by atoms with van der Waals surface area (Å²) in [5, 5.41) is 9.65. The summed E-state index contributed by atoms with van der Waals surface area (Å²) >= 11 is 18.7. The summed E-state index contributed by atoms with van der Waals surface area (Å²) in [5.41, 5.74) is 0.745. The quantitative estimate of drug-likeness (QED) is 0.235. The summed E-state index contributed by atoms with van der Waals surface area (Å²) < 4.78 is 0.579. The van der Waals surface area contributed by atoms with Gasteiger partial charge in [0.1, 0.15) is 4.32 Å². The molecule has 0 aromatic heterocycles. The van der Waals surface area contributed by atoms with Gasteiger partial charge in [0.15, 0.2) is 0 Å². The fraction of sp³-hybridized carbons (Fsp3) is 0.450. The largest absolute Gasteiger partial charge is 0.481 e. The highest BCUT2D eigenvalue weighted by molar-refractivity contribution is 8.26.